The number of hydrogen-bond donors (Lipinski definition) is 1. The zero-order chi connectivity index (χ0) is 11.1. The van der Waals surface area contributed by atoms with Crippen molar-refractivity contribution in [2.45, 2.75) is 44.9 Å². The lowest BCUT2D eigenvalue weighted by atomic mass is 9.79. The van der Waals surface area contributed by atoms with Crippen LogP contribution in [0.15, 0.2) is 0 Å². The molecule has 0 aromatic carbocycles. The minimum Gasteiger partial charge on any atom is -0.330 e. The Kier molecular flexibility index (Phi) is 6.26. The van der Waals surface area contributed by atoms with Gasteiger partial charge in [0.15, 0.2) is 0 Å². The SMILES string of the molecule is NCC1CCC(C(=O)CCCCCl)CC1. The quantitative estimate of drug-likeness (QED) is 0.564. The van der Waals surface area contributed by atoms with Crippen molar-refractivity contribution in [1.29, 1.82) is 0 Å². The Balaban J connectivity index is 2.18. The predicted molar refractivity (Wildman–Crippen MR) is 64.1 cm³/mol. The van der Waals surface area contributed by atoms with E-state index < -0.39 is 0 Å². The summed E-state index contributed by atoms with van der Waals surface area (Å²) < 4.78 is 0. The van der Waals surface area contributed by atoms with Crippen molar-refractivity contribution in [3.63, 3.8) is 0 Å². The Bertz CT molecular complexity index is 188. The van der Waals surface area contributed by atoms with Crippen molar-refractivity contribution >= 4 is 17.4 Å². The molecule has 88 valence electrons. The van der Waals surface area contributed by atoms with Gasteiger partial charge in [-0.3, -0.25) is 4.79 Å². The van der Waals surface area contributed by atoms with Gasteiger partial charge in [-0.1, -0.05) is 0 Å². The highest BCUT2D eigenvalue weighted by molar-refractivity contribution is 6.17. The molecule has 1 fully saturated rings. The van der Waals surface area contributed by atoms with Gasteiger partial charge in [0.2, 0.25) is 0 Å². The average molecular weight is 232 g/mol. The van der Waals surface area contributed by atoms with Crippen LogP contribution in [0.3, 0.4) is 0 Å². The molecule has 0 spiro atoms. The van der Waals surface area contributed by atoms with Crippen LogP contribution in [-0.2, 0) is 4.79 Å². The van der Waals surface area contributed by atoms with Crippen LogP contribution in [0, 0.1) is 11.8 Å². The predicted octanol–water partition coefficient (Wildman–Crippen LogP) is 2.73. The van der Waals surface area contributed by atoms with Crippen LogP contribution in [0.4, 0.5) is 0 Å². The van der Waals surface area contributed by atoms with Gasteiger partial charge >= 0.3 is 0 Å². The maximum Gasteiger partial charge on any atom is 0.135 e. The Hall–Kier alpha value is -0.0800. The van der Waals surface area contributed by atoms with E-state index in [0.29, 0.717) is 23.5 Å². The van der Waals surface area contributed by atoms with Crippen molar-refractivity contribution in [1.82, 2.24) is 0 Å². The molecule has 0 aliphatic heterocycles. The Labute approximate surface area is 97.6 Å². The number of hydrogen-bond acceptors (Lipinski definition) is 2. The number of nitrogens with two attached hydrogens (primary N) is 1. The molecule has 0 heterocycles. The van der Waals surface area contributed by atoms with Gasteiger partial charge in [-0.15, -0.1) is 11.6 Å². The van der Waals surface area contributed by atoms with E-state index in [1.54, 1.807) is 0 Å². The molecule has 3 heteroatoms. The van der Waals surface area contributed by atoms with Crippen molar-refractivity contribution < 1.29 is 4.79 Å². The number of rotatable bonds is 6. The van der Waals surface area contributed by atoms with Crippen LogP contribution >= 0.6 is 11.6 Å². The van der Waals surface area contributed by atoms with Crippen LogP contribution < -0.4 is 5.73 Å². The number of halogens is 1. The fourth-order valence-electron chi connectivity index (χ4n) is 2.32. The van der Waals surface area contributed by atoms with E-state index in [1.807, 2.05) is 0 Å². The largest absolute Gasteiger partial charge is 0.330 e. The normalized spacial score (nSPS) is 26.5. The summed E-state index contributed by atoms with van der Waals surface area (Å²) in [5, 5.41) is 0. The molecule has 1 saturated carbocycles. The summed E-state index contributed by atoms with van der Waals surface area (Å²) in [6.07, 6.45) is 7.04. The van der Waals surface area contributed by atoms with Crippen LogP contribution in [0.5, 0.6) is 0 Å². The fourth-order valence-corrected chi connectivity index (χ4v) is 2.51. The summed E-state index contributed by atoms with van der Waals surface area (Å²) in [6.45, 7) is 0.785. The van der Waals surface area contributed by atoms with Crippen LogP contribution in [0.1, 0.15) is 44.9 Å². The molecule has 0 atom stereocenters. The van der Waals surface area contributed by atoms with E-state index in [0.717, 1.165) is 51.5 Å². The molecular formula is C12H22ClNO. The van der Waals surface area contributed by atoms with Gasteiger partial charge < -0.3 is 5.73 Å². The van der Waals surface area contributed by atoms with Gasteiger partial charge in [-0.25, -0.2) is 0 Å². The fraction of sp³-hybridized carbons (Fsp3) is 0.917. The van der Waals surface area contributed by atoms with Gasteiger partial charge in [0, 0.05) is 18.2 Å². The van der Waals surface area contributed by atoms with Crippen molar-refractivity contribution in [3.8, 4) is 0 Å². The maximum absolute atomic E-state index is 11.8. The molecule has 0 saturated heterocycles. The Morgan fingerprint density at radius 2 is 1.87 bits per heavy atom. The molecule has 2 N–H and O–H groups in total. The molecule has 0 aromatic heterocycles. The summed E-state index contributed by atoms with van der Waals surface area (Å²) in [7, 11) is 0. The standard InChI is InChI=1S/C12H22ClNO/c13-8-2-1-3-12(15)11-6-4-10(9-14)5-7-11/h10-11H,1-9,14H2. The van der Waals surface area contributed by atoms with Gasteiger partial charge in [0.1, 0.15) is 5.78 Å². The van der Waals surface area contributed by atoms with Gasteiger partial charge in [0.25, 0.3) is 0 Å². The van der Waals surface area contributed by atoms with E-state index in [2.05, 4.69) is 0 Å². The lowest BCUT2D eigenvalue weighted by molar-refractivity contribution is -0.124. The highest BCUT2D eigenvalue weighted by atomic mass is 35.5. The first-order valence-corrected chi connectivity index (χ1v) is 6.60. The first kappa shape index (κ1) is 13.0. The van der Waals surface area contributed by atoms with E-state index in [1.165, 1.54) is 0 Å². The molecule has 0 radical (unpaired) electrons. The van der Waals surface area contributed by atoms with Gasteiger partial charge in [-0.2, -0.15) is 0 Å². The molecule has 0 bridgehead atoms. The number of ketones is 1. The number of carbonyl (C=O) groups excluding carboxylic acids is 1. The summed E-state index contributed by atoms with van der Waals surface area (Å²) in [5.74, 6) is 2.11. The smallest absolute Gasteiger partial charge is 0.135 e. The molecule has 1 aliphatic rings. The molecule has 2 nitrogen and oxygen atoms in total. The number of unbranched alkanes of at least 4 members (excludes halogenated alkanes) is 1. The average Bonchev–Trinajstić information content (AvgIpc) is 2.29. The first-order valence-electron chi connectivity index (χ1n) is 6.06. The van der Waals surface area contributed by atoms with E-state index in [9.17, 15) is 4.79 Å². The third-order valence-electron chi connectivity index (χ3n) is 3.44. The van der Waals surface area contributed by atoms with Crippen LogP contribution in [0.25, 0.3) is 0 Å². The van der Waals surface area contributed by atoms with Crippen LogP contribution in [0.2, 0.25) is 0 Å². The number of Topliss-reactive ketones (excluding diaryl/α,β-unsaturated/α-hetero) is 1. The number of alkyl halides is 1. The molecular weight excluding hydrogens is 210 g/mol. The topological polar surface area (TPSA) is 43.1 Å². The highest BCUT2D eigenvalue weighted by Gasteiger charge is 2.24. The molecule has 0 aromatic rings. The van der Waals surface area contributed by atoms with Crippen molar-refractivity contribution in [3.05, 3.63) is 0 Å². The van der Waals surface area contributed by atoms with Crippen LogP contribution in [-0.4, -0.2) is 18.2 Å². The second kappa shape index (κ2) is 7.24. The summed E-state index contributed by atoms with van der Waals surface area (Å²) in [4.78, 5) is 11.8. The Morgan fingerprint density at radius 1 is 1.20 bits per heavy atom. The second-order valence-electron chi connectivity index (χ2n) is 4.57. The summed E-state index contributed by atoms with van der Waals surface area (Å²) in [6, 6.07) is 0. The second-order valence-corrected chi connectivity index (χ2v) is 4.94. The molecule has 1 aliphatic carbocycles. The lowest BCUT2D eigenvalue weighted by Gasteiger charge is -2.26. The molecule has 15 heavy (non-hydrogen) atoms. The van der Waals surface area contributed by atoms with E-state index >= 15 is 0 Å². The minimum atomic E-state index is 0.322. The highest BCUT2D eigenvalue weighted by Crippen LogP contribution is 2.29. The maximum atomic E-state index is 11.8. The van der Waals surface area contributed by atoms with E-state index in [4.69, 9.17) is 17.3 Å². The third kappa shape index (κ3) is 4.52. The Morgan fingerprint density at radius 3 is 2.40 bits per heavy atom. The monoisotopic (exact) mass is 231 g/mol. The number of carbonyl (C=O) groups is 1. The first-order chi connectivity index (χ1) is 7.27. The summed E-state index contributed by atoms with van der Waals surface area (Å²) in [5.41, 5.74) is 5.62. The van der Waals surface area contributed by atoms with Crippen molar-refractivity contribution in [2.75, 3.05) is 12.4 Å². The molecule has 1 rings (SSSR count). The molecule has 0 amide bonds. The zero-order valence-electron chi connectivity index (χ0n) is 9.38. The van der Waals surface area contributed by atoms with Gasteiger partial charge in [0.05, 0.1) is 0 Å². The zero-order valence-corrected chi connectivity index (χ0v) is 10.1. The van der Waals surface area contributed by atoms with Crippen molar-refractivity contribution in [2.24, 2.45) is 17.6 Å². The molecule has 0 unspecified atom stereocenters. The third-order valence-corrected chi connectivity index (χ3v) is 3.71. The minimum absolute atomic E-state index is 0.322. The summed E-state index contributed by atoms with van der Waals surface area (Å²) >= 11 is 5.58. The van der Waals surface area contributed by atoms with E-state index in [-0.39, 0.29) is 0 Å². The lowest BCUT2D eigenvalue weighted by Crippen LogP contribution is -2.25. The van der Waals surface area contributed by atoms with Gasteiger partial charge in [-0.05, 0) is 51.0 Å².